The molecule has 2 aromatic rings. The maximum Gasteiger partial charge on any atom is 0.233 e. The van der Waals surface area contributed by atoms with Crippen LogP contribution in [0.3, 0.4) is 0 Å². The second-order valence-corrected chi connectivity index (χ2v) is 4.55. The molecule has 0 aromatic carbocycles. The van der Waals surface area contributed by atoms with Crippen LogP contribution in [0.2, 0.25) is 0 Å². The Morgan fingerprint density at radius 1 is 1.53 bits per heavy atom. The van der Waals surface area contributed by atoms with Crippen molar-refractivity contribution < 1.29 is 9.32 Å². The highest BCUT2D eigenvalue weighted by molar-refractivity contribution is 5.76. The van der Waals surface area contributed by atoms with E-state index in [2.05, 4.69) is 15.1 Å². The molecule has 19 heavy (non-hydrogen) atoms. The number of nitrogens with zero attached hydrogens (tertiary/aromatic N) is 4. The zero-order valence-electron chi connectivity index (χ0n) is 10.6. The van der Waals surface area contributed by atoms with E-state index < -0.39 is 0 Å². The summed E-state index contributed by atoms with van der Waals surface area (Å²) in [6, 6.07) is 3.71. The van der Waals surface area contributed by atoms with Gasteiger partial charge in [0, 0.05) is 37.5 Å². The van der Waals surface area contributed by atoms with Crippen molar-refractivity contribution in [1.29, 1.82) is 0 Å². The maximum absolute atomic E-state index is 11.4. The normalized spacial score (nSPS) is 15.3. The third-order valence-electron chi connectivity index (χ3n) is 3.25. The summed E-state index contributed by atoms with van der Waals surface area (Å²) < 4.78 is 5.26. The summed E-state index contributed by atoms with van der Waals surface area (Å²) in [6.45, 7) is 3.20. The lowest BCUT2D eigenvalue weighted by molar-refractivity contribution is -0.135. The van der Waals surface area contributed by atoms with E-state index in [0.717, 1.165) is 5.56 Å². The fourth-order valence-corrected chi connectivity index (χ4v) is 2.08. The van der Waals surface area contributed by atoms with Crippen molar-refractivity contribution in [3.63, 3.8) is 0 Å². The lowest BCUT2D eigenvalue weighted by atomic mass is 10.00. The topological polar surface area (TPSA) is 72.1 Å². The molecule has 3 heterocycles. The van der Waals surface area contributed by atoms with Gasteiger partial charge in [-0.1, -0.05) is 12.1 Å². The highest BCUT2D eigenvalue weighted by Gasteiger charge is 2.34. The monoisotopic (exact) mass is 258 g/mol. The van der Waals surface area contributed by atoms with Crippen LogP contribution in [0.1, 0.15) is 25.2 Å². The van der Waals surface area contributed by atoms with Gasteiger partial charge in [0.1, 0.15) is 0 Å². The molecule has 0 spiro atoms. The molecule has 1 aliphatic heterocycles. The minimum Gasteiger partial charge on any atom is -0.341 e. The molecule has 98 valence electrons. The number of aromatic nitrogens is 3. The van der Waals surface area contributed by atoms with Gasteiger partial charge in [0.2, 0.25) is 17.6 Å². The zero-order valence-corrected chi connectivity index (χ0v) is 10.6. The second-order valence-electron chi connectivity index (χ2n) is 4.55. The van der Waals surface area contributed by atoms with E-state index in [4.69, 9.17) is 4.52 Å². The van der Waals surface area contributed by atoms with Crippen LogP contribution in [0, 0.1) is 0 Å². The van der Waals surface area contributed by atoms with Gasteiger partial charge in [0.05, 0.1) is 5.92 Å². The Balaban J connectivity index is 1.69. The fraction of sp³-hybridized carbons (Fsp3) is 0.385. The van der Waals surface area contributed by atoms with Crippen LogP contribution in [0.15, 0.2) is 29.0 Å². The molecular weight excluding hydrogens is 244 g/mol. The molecule has 1 saturated heterocycles. The van der Waals surface area contributed by atoms with Gasteiger partial charge in [-0.3, -0.25) is 9.78 Å². The highest BCUT2D eigenvalue weighted by Crippen LogP contribution is 2.27. The lowest BCUT2D eigenvalue weighted by Crippen LogP contribution is -2.48. The summed E-state index contributed by atoms with van der Waals surface area (Å²) in [5, 5.41) is 3.95. The van der Waals surface area contributed by atoms with Crippen molar-refractivity contribution >= 4 is 5.91 Å². The number of hydrogen-bond donors (Lipinski definition) is 0. The smallest absolute Gasteiger partial charge is 0.233 e. The summed E-state index contributed by atoms with van der Waals surface area (Å²) in [7, 11) is 0. The summed E-state index contributed by atoms with van der Waals surface area (Å²) >= 11 is 0. The number of rotatable bonds is 3. The Kier molecular flexibility index (Phi) is 2.98. The number of hydrogen-bond acceptors (Lipinski definition) is 5. The minimum absolute atomic E-state index is 0.161. The molecular formula is C13H14N4O2. The number of pyridine rings is 1. The molecule has 6 heteroatoms. The Morgan fingerprint density at radius 3 is 3.05 bits per heavy atom. The number of amides is 1. The van der Waals surface area contributed by atoms with Gasteiger partial charge in [-0.2, -0.15) is 4.98 Å². The first kappa shape index (κ1) is 11.8. The first-order valence-corrected chi connectivity index (χ1v) is 6.29. The summed E-state index contributed by atoms with van der Waals surface area (Å²) in [6.07, 6.45) is 3.93. The molecule has 1 amide bonds. The van der Waals surface area contributed by atoms with E-state index in [9.17, 15) is 4.79 Å². The van der Waals surface area contributed by atoms with Crippen LogP contribution in [-0.4, -0.2) is 39.0 Å². The number of carbonyl (C=O) groups is 1. The van der Waals surface area contributed by atoms with E-state index >= 15 is 0 Å². The molecule has 0 bridgehead atoms. The van der Waals surface area contributed by atoms with Crippen LogP contribution >= 0.6 is 0 Å². The average Bonchev–Trinajstić information content (AvgIpc) is 2.87. The van der Waals surface area contributed by atoms with Crippen molar-refractivity contribution in [2.24, 2.45) is 0 Å². The van der Waals surface area contributed by atoms with Crippen LogP contribution in [0.5, 0.6) is 0 Å². The second kappa shape index (κ2) is 4.79. The molecule has 0 unspecified atom stereocenters. The fourth-order valence-electron chi connectivity index (χ4n) is 2.08. The van der Waals surface area contributed by atoms with Gasteiger partial charge < -0.3 is 9.42 Å². The van der Waals surface area contributed by atoms with Crippen molar-refractivity contribution in [2.75, 3.05) is 13.1 Å². The molecule has 0 radical (unpaired) electrons. The van der Waals surface area contributed by atoms with E-state index in [1.807, 2.05) is 19.1 Å². The van der Waals surface area contributed by atoms with Gasteiger partial charge in [0.25, 0.3) is 0 Å². The first-order chi connectivity index (χ1) is 9.28. The van der Waals surface area contributed by atoms with Gasteiger partial charge in [-0.25, -0.2) is 0 Å². The van der Waals surface area contributed by atoms with Crippen LogP contribution in [0.25, 0.3) is 11.4 Å². The summed E-state index contributed by atoms with van der Waals surface area (Å²) in [5.41, 5.74) is 0.832. The molecule has 0 N–H and O–H groups in total. The first-order valence-electron chi connectivity index (χ1n) is 6.29. The zero-order chi connectivity index (χ0) is 13.2. The summed E-state index contributed by atoms with van der Waals surface area (Å²) in [5.74, 6) is 1.47. The Hall–Kier alpha value is -2.24. The van der Waals surface area contributed by atoms with Gasteiger partial charge in [-0.15, -0.1) is 0 Å². The molecule has 0 atom stereocenters. The molecule has 2 aromatic heterocycles. The SMILES string of the molecule is CCC(=O)N1CC(c2nc(-c3cccnc3)no2)C1. The molecule has 3 rings (SSSR count). The third-order valence-corrected chi connectivity index (χ3v) is 3.25. The minimum atomic E-state index is 0.161. The Morgan fingerprint density at radius 2 is 2.37 bits per heavy atom. The van der Waals surface area contributed by atoms with Crippen molar-refractivity contribution in [1.82, 2.24) is 20.0 Å². The van der Waals surface area contributed by atoms with E-state index in [-0.39, 0.29) is 11.8 Å². The molecule has 1 aliphatic rings. The van der Waals surface area contributed by atoms with Gasteiger partial charge in [-0.05, 0) is 12.1 Å². The Bertz CT molecular complexity index is 575. The number of carbonyl (C=O) groups excluding carboxylic acids is 1. The average molecular weight is 258 g/mol. The molecule has 6 nitrogen and oxygen atoms in total. The van der Waals surface area contributed by atoms with Crippen LogP contribution in [-0.2, 0) is 4.79 Å². The Labute approximate surface area is 110 Å². The van der Waals surface area contributed by atoms with Gasteiger partial charge in [0.15, 0.2) is 0 Å². The largest absolute Gasteiger partial charge is 0.341 e. The highest BCUT2D eigenvalue weighted by atomic mass is 16.5. The van der Waals surface area contributed by atoms with Crippen LogP contribution in [0.4, 0.5) is 0 Å². The van der Waals surface area contributed by atoms with E-state index in [1.165, 1.54) is 0 Å². The van der Waals surface area contributed by atoms with Crippen molar-refractivity contribution in [2.45, 2.75) is 19.3 Å². The third kappa shape index (κ3) is 2.21. The van der Waals surface area contributed by atoms with Gasteiger partial charge >= 0.3 is 0 Å². The maximum atomic E-state index is 11.4. The summed E-state index contributed by atoms with van der Waals surface area (Å²) in [4.78, 5) is 21.6. The lowest BCUT2D eigenvalue weighted by Gasteiger charge is -2.36. The standard InChI is InChI=1S/C13H14N4O2/c1-2-11(18)17-7-10(8-17)13-15-12(16-19-13)9-4-3-5-14-6-9/h3-6,10H,2,7-8H2,1H3. The van der Waals surface area contributed by atoms with Crippen molar-refractivity contribution in [3.05, 3.63) is 30.4 Å². The van der Waals surface area contributed by atoms with E-state index in [1.54, 1.807) is 17.3 Å². The predicted octanol–water partition coefficient (Wildman–Crippen LogP) is 1.47. The molecule has 0 saturated carbocycles. The van der Waals surface area contributed by atoms with Crippen molar-refractivity contribution in [3.8, 4) is 11.4 Å². The quantitative estimate of drug-likeness (QED) is 0.833. The van der Waals surface area contributed by atoms with Crippen LogP contribution < -0.4 is 0 Å². The predicted molar refractivity (Wildman–Crippen MR) is 67.1 cm³/mol. The molecule has 1 fully saturated rings. The number of likely N-dealkylation sites (tertiary alicyclic amines) is 1. The van der Waals surface area contributed by atoms with E-state index in [0.29, 0.717) is 31.2 Å². The molecule has 0 aliphatic carbocycles.